The first kappa shape index (κ1) is 12.3. The molecule has 0 aliphatic rings. The third-order valence-corrected chi connectivity index (χ3v) is 3.24. The predicted octanol–water partition coefficient (Wildman–Crippen LogP) is 2.48. The smallest absolute Gasteiger partial charge is 0.269 e. The minimum absolute atomic E-state index is 0.0861. The zero-order chi connectivity index (χ0) is 14.1. The molecule has 0 amide bonds. The quantitative estimate of drug-likeness (QED) is 0.668. The average Bonchev–Trinajstić information content (AvgIpc) is 2.48. The van der Waals surface area contributed by atoms with E-state index >= 15 is 0 Å². The van der Waals surface area contributed by atoms with Gasteiger partial charge in [-0.1, -0.05) is 36.4 Å². The Labute approximate surface area is 115 Å². The molecular formula is C16H12N2O2. The van der Waals surface area contributed by atoms with Crippen molar-refractivity contribution in [1.29, 1.82) is 0 Å². The van der Waals surface area contributed by atoms with Crippen LogP contribution in [-0.2, 0) is 0 Å². The molecule has 4 heteroatoms. The van der Waals surface area contributed by atoms with E-state index in [0.29, 0.717) is 17.6 Å². The highest BCUT2D eigenvalue weighted by Crippen LogP contribution is 2.19. The molecule has 0 atom stereocenters. The second kappa shape index (κ2) is 4.74. The Morgan fingerprint density at radius 1 is 1.05 bits per heavy atom. The highest BCUT2D eigenvalue weighted by Gasteiger charge is 2.14. The van der Waals surface area contributed by atoms with E-state index in [1.165, 1.54) is 4.40 Å². The summed E-state index contributed by atoms with van der Waals surface area (Å²) in [5, 5.41) is 0. The number of carbonyl (C=O) groups is 1. The van der Waals surface area contributed by atoms with Gasteiger partial charge < -0.3 is 0 Å². The van der Waals surface area contributed by atoms with Gasteiger partial charge in [-0.3, -0.25) is 14.0 Å². The predicted molar refractivity (Wildman–Crippen MR) is 77.0 cm³/mol. The van der Waals surface area contributed by atoms with Crippen molar-refractivity contribution in [1.82, 2.24) is 9.38 Å². The molecule has 0 aliphatic heterocycles. The maximum atomic E-state index is 12.5. The number of carbonyl (C=O) groups excluding carboxylic acids is 1. The Morgan fingerprint density at radius 2 is 1.80 bits per heavy atom. The molecule has 0 spiro atoms. The number of rotatable bonds is 2. The van der Waals surface area contributed by atoms with E-state index in [-0.39, 0.29) is 11.1 Å². The Balaban J connectivity index is 2.45. The van der Waals surface area contributed by atoms with E-state index in [1.807, 2.05) is 49.4 Å². The molecule has 98 valence electrons. The third kappa shape index (κ3) is 1.82. The van der Waals surface area contributed by atoms with Gasteiger partial charge in [-0.05, 0) is 19.1 Å². The van der Waals surface area contributed by atoms with Gasteiger partial charge in [-0.2, -0.15) is 0 Å². The molecule has 20 heavy (non-hydrogen) atoms. The second-order valence-corrected chi connectivity index (χ2v) is 4.52. The first-order valence-electron chi connectivity index (χ1n) is 6.25. The Kier molecular flexibility index (Phi) is 2.91. The first-order valence-corrected chi connectivity index (χ1v) is 6.25. The fraction of sp³-hybridized carbons (Fsp3) is 0.0625. The molecular weight excluding hydrogens is 252 g/mol. The van der Waals surface area contributed by atoms with Crippen LogP contribution in [0.3, 0.4) is 0 Å². The van der Waals surface area contributed by atoms with Crippen molar-refractivity contribution in [2.75, 3.05) is 0 Å². The van der Waals surface area contributed by atoms with Gasteiger partial charge in [0.15, 0.2) is 6.29 Å². The van der Waals surface area contributed by atoms with Gasteiger partial charge in [-0.25, -0.2) is 4.98 Å². The summed E-state index contributed by atoms with van der Waals surface area (Å²) in [7, 11) is 0. The summed E-state index contributed by atoms with van der Waals surface area (Å²) in [6.07, 6.45) is 0.580. The van der Waals surface area contributed by atoms with Gasteiger partial charge in [0.25, 0.3) is 5.56 Å². The Bertz CT molecular complexity index is 851. The van der Waals surface area contributed by atoms with Crippen molar-refractivity contribution in [2.45, 2.75) is 6.92 Å². The van der Waals surface area contributed by atoms with Crippen LogP contribution in [0.4, 0.5) is 0 Å². The van der Waals surface area contributed by atoms with Crippen molar-refractivity contribution < 1.29 is 4.79 Å². The summed E-state index contributed by atoms with van der Waals surface area (Å²) >= 11 is 0. The summed E-state index contributed by atoms with van der Waals surface area (Å²) in [6, 6.07) is 14.7. The monoisotopic (exact) mass is 264 g/mol. The minimum atomic E-state index is -0.332. The summed E-state index contributed by atoms with van der Waals surface area (Å²) in [6.45, 7) is 1.81. The summed E-state index contributed by atoms with van der Waals surface area (Å²) in [4.78, 5) is 28.3. The van der Waals surface area contributed by atoms with E-state index in [4.69, 9.17) is 0 Å². The van der Waals surface area contributed by atoms with Gasteiger partial charge in [-0.15, -0.1) is 0 Å². The van der Waals surface area contributed by atoms with Crippen molar-refractivity contribution in [3.8, 4) is 11.3 Å². The number of aromatic nitrogens is 2. The van der Waals surface area contributed by atoms with Gasteiger partial charge in [0.2, 0.25) is 0 Å². The van der Waals surface area contributed by atoms with Crippen LogP contribution >= 0.6 is 0 Å². The molecule has 3 aromatic rings. The van der Waals surface area contributed by atoms with Crippen LogP contribution < -0.4 is 5.56 Å². The SMILES string of the molecule is Cc1cccc2nc(-c3ccccc3)c(C=O)c(=O)n12. The lowest BCUT2D eigenvalue weighted by atomic mass is 10.1. The summed E-state index contributed by atoms with van der Waals surface area (Å²) < 4.78 is 1.45. The van der Waals surface area contributed by atoms with E-state index in [9.17, 15) is 9.59 Å². The number of aldehydes is 1. The number of nitrogens with zero attached hydrogens (tertiary/aromatic N) is 2. The lowest BCUT2D eigenvalue weighted by Gasteiger charge is -2.09. The van der Waals surface area contributed by atoms with Crippen molar-refractivity contribution >= 4 is 11.9 Å². The van der Waals surface area contributed by atoms with Crippen LogP contribution in [0.25, 0.3) is 16.9 Å². The molecule has 2 heterocycles. The Morgan fingerprint density at radius 3 is 2.50 bits per heavy atom. The zero-order valence-corrected chi connectivity index (χ0v) is 10.9. The minimum Gasteiger partial charge on any atom is -0.298 e. The molecule has 3 rings (SSSR count). The van der Waals surface area contributed by atoms with Crippen LogP contribution in [0, 0.1) is 6.92 Å². The van der Waals surface area contributed by atoms with Gasteiger partial charge in [0.05, 0.1) is 5.69 Å². The lowest BCUT2D eigenvalue weighted by Crippen LogP contribution is -2.22. The van der Waals surface area contributed by atoms with Crippen LogP contribution in [0.1, 0.15) is 16.1 Å². The third-order valence-electron chi connectivity index (χ3n) is 3.24. The summed E-state index contributed by atoms with van der Waals surface area (Å²) in [5.74, 6) is 0. The molecule has 2 aromatic heterocycles. The topological polar surface area (TPSA) is 51.4 Å². The number of hydrogen-bond acceptors (Lipinski definition) is 3. The van der Waals surface area contributed by atoms with Crippen molar-refractivity contribution in [2.24, 2.45) is 0 Å². The molecule has 0 N–H and O–H groups in total. The normalized spacial score (nSPS) is 10.7. The van der Waals surface area contributed by atoms with Gasteiger partial charge >= 0.3 is 0 Å². The van der Waals surface area contributed by atoms with Crippen molar-refractivity contribution in [3.05, 3.63) is 70.1 Å². The number of fused-ring (bicyclic) bond motifs is 1. The highest BCUT2D eigenvalue weighted by atomic mass is 16.1. The number of pyridine rings is 1. The second-order valence-electron chi connectivity index (χ2n) is 4.52. The van der Waals surface area contributed by atoms with Crippen LogP contribution in [0.5, 0.6) is 0 Å². The standard InChI is InChI=1S/C16H12N2O2/c1-11-6-5-9-14-17-15(12-7-3-2-4-8-12)13(10-19)16(20)18(11)14/h2-10H,1H3. The molecule has 4 nitrogen and oxygen atoms in total. The first-order chi connectivity index (χ1) is 9.72. The molecule has 0 aliphatic carbocycles. The Hall–Kier alpha value is -2.75. The van der Waals surface area contributed by atoms with Gasteiger partial charge in [0.1, 0.15) is 11.2 Å². The molecule has 1 aromatic carbocycles. The summed E-state index contributed by atoms with van der Waals surface area (Å²) in [5.41, 5.74) is 2.24. The molecule has 0 unspecified atom stereocenters. The molecule has 0 fully saturated rings. The van der Waals surface area contributed by atoms with Gasteiger partial charge in [0, 0.05) is 11.3 Å². The average molecular weight is 264 g/mol. The molecule has 0 saturated heterocycles. The fourth-order valence-corrected chi connectivity index (χ4v) is 2.27. The van der Waals surface area contributed by atoms with Crippen LogP contribution in [-0.4, -0.2) is 15.7 Å². The largest absolute Gasteiger partial charge is 0.298 e. The maximum Gasteiger partial charge on any atom is 0.269 e. The number of aryl methyl sites for hydroxylation is 1. The maximum absolute atomic E-state index is 12.5. The van der Waals surface area contributed by atoms with E-state index in [0.717, 1.165) is 11.3 Å². The molecule has 0 saturated carbocycles. The van der Waals surface area contributed by atoms with Crippen LogP contribution in [0.2, 0.25) is 0 Å². The van der Waals surface area contributed by atoms with E-state index < -0.39 is 0 Å². The number of benzene rings is 1. The lowest BCUT2D eigenvalue weighted by molar-refractivity contribution is 0.112. The fourth-order valence-electron chi connectivity index (χ4n) is 2.27. The van der Waals surface area contributed by atoms with Crippen LogP contribution in [0.15, 0.2) is 53.3 Å². The van der Waals surface area contributed by atoms with E-state index in [1.54, 1.807) is 6.07 Å². The highest BCUT2D eigenvalue weighted by molar-refractivity contribution is 5.86. The van der Waals surface area contributed by atoms with E-state index in [2.05, 4.69) is 4.98 Å². The number of hydrogen-bond donors (Lipinski definition) is 0. The molecule has 0 radical (unpaired) electrons. The van der Waals surface area contributed by atoms with Crippen molar-refractivity contribution in [3.63, 3.8) is 0 Å². The molecule has 0 bridgehead atoms. The zero-order valence-electron chi connectivity index (χ0n) is 10.9.